The van der Waals surface area contributed by atoms with Gasteiger partial charge in [-0.25, -0.2) is 0 Å². The molecule has 0 N–H and O–H groups in total. The van der Waals surface area contributed by atoms with E-state index in [0.717, 1.165) is 11.2 Å². The molecule has 1 nitrogen and oxygen atoms in total. The minimum Gasteiger partial charge on any atom is -0.456 e. The summed E-state index contributed by atoms with van der Waals surface area (Å²) in [6.45, 7) is 0. The summed E-state index contributed by atoms with van der Waals surface area (Å²) in [6, 6.07) is 62.6. The lowest BCUT2D eigenvalue weighted by molar-refractivity contribution is 0.670. The number of benzene rings is 11. The Hall–Kier alpha value is -6.70. The third-order valence-electron chi connectivity index (χ3n) is 11.4. The van der Waals surface area contributed by atoms with Gasteiger partial charge in [0.05, 0.1) is 0 Å². The number of fused-ring (bicyclic) bond motifs is 11. The standard InChI is InChI=1S/C50H28O/c1-2-8-29(9-3-1)34-20-16-31-14-15-32-17-21-35(41-24-23-40(34)48(31)49(32)41)33-18-22-39-42(26-33)37-12-6-7-13-38(37)43-27-45-47(28-44(39)43)51-46-25-19-30-10-4-5-11-36(30)50(45)46/h1-28H. The van der Waals surface area contributed by atoms with E-state index in [1.54, 1.807) is 0 Å². The van der Waals surface area contributed by atoms with Gasteiger partial charge in [-0.15, -0.1) is 0 Å². The van der Waals surface area contributed by atoms with Crippen LogP contribution in [-0.4, -0.2) is 0 Å². The average molecular weight is 645 g/mol. The van der Waals surface area contributed by atoms with Crippen LogP contribution in [0.3, 0.4) is 0 Å². The molecule has 1 heterocycles. The lowest BCUT2D eigenvalue weighted by atomic mass is 9.86. The van der Waals surface area contributed by atoms with Crippen LogP contribution >= 0.6 is 0 Å². The summed E-state index contributed by atoms with van der Waals surface area (Å²) in [5, 5.41) is 20.1. The van der Waals surface area contributed by atoms with Crippen molar-refractivity contribution in [2.75, 3.05) is 0 Å². The van der Waals surface area contributed by atoms with Gasteiger partial charge in [0.1, 0.15) is 11.2 Å². The first-order valence-electron chi connectivity index (χ1n) is 17.7. The second-order valence-corrected chi connectivity index (χ2v) is 14.0. The molecule has 0 fully saturated rings. The topological polar surface area (TPSA) is 13.1 Å². The Morgan fingerprint density at radius 1 is 0.255 bits per heavy atom. The lowest BCUT2D eigenvalue weighted by Gasteiger charge is -2.17. The van der Waals surface area contributed by atoms with Crippen molar-refractivity contribution in [1.29, 1.82) is 0 Å². The van der Waals surface area contributed by atoms with Gasteiger partial charge in [-0.1, -0.05) is 146 Å². The second kappa shape index (κ2) is 9.94. The molecule has 0 saturated carbocycles. The van der Waals surface area contributed by atoms with E-state index in [1.165, 1.54) is 108 Å². The maximum atomic E-state index is 6.56. The summed E-state index contributed by atoms with van der Waals surface area (Å²) in [4.78, 5) is 0. The summed E-state index contributed by atoms with van der Waals surface area (Å²) < 4.78 is 6.56. The molecule has 0 radical (unpaired) electrons. The van der Waals surface area contributed by atoms with E-state index in [-0.39, 0.29) is 0 Å². The van der Waals surface area contributed by atoms with Crippen molar-refractivity contribution in [2.45, 2.75) is 0 Å². The van der Waals surface area contributed by atoms with Crippen LogP contribution in [0.25, 0.3) is 120 Å². The first-order valence-corrected chi connectivity index (χ1v) is 17.7. The van der Waals surface area contributed by atoms with Crippen molar-refractivity contribution in [3.8, 4) is 22.3 Å². The predicted molar refractivity (Wildman–Crippen MR) is 218 cm³/mol. The molecule has 0 aliphatic rings. The van der Waals surface area contributed by atoms with Crippen LogP contribution in [-0.2, 0) is 0 Å². The Morgan fingerprint density at radius 3 is 1.55 bits per heavy atom. The fourth-order valence-electron chi connectivity index (χ4n) is 9.08. The smallest absolute Gasteiger partial charge is 0.136 e. The third-order valence-corrected chi connectivity index (χ3v) is 11.4. The third kappa shape index (κ3) is 3.70. The molecule has 11 aromatic carbocycles. The summed E-state index contributed by atoms with van der Waals surface area (Å²) >= 11 is 0. The van der Waals surface area contributed by atoms with Crippen LogP contribution in [0, 0.1) is 0 Å². The Balaban J connectivity index is 1.13. The second-order valence-electron chi connectivity index (χ2n) is 14.0. The van der Waals surface area contributed by atoms with Gasteiger partial charge in [0.25, 0.3) is 0 Å². The molecule has 1 heteroatoms. The van der Waals surface area contributed by atoms with Crippen molar-refractivity contribution in [3.63, 3.8) is 0 Å². The van der Waals surface area contributed by atoms with E-state index < -0.39 is 0 Å². The molecule has 0 aliphatic carbocycles. The van der Waals surface area contributed by atoms with Gasteiger partial charge in [-0.2, -0.15) is 0 Å². The van der Waals surface area contributed by atoms with Gasteiger partial charge in [-0.3, -0.25) is 0 Å². The molecule has 234 valence electrons. The van der Waals surface area contributed by atoms with Gasteiger partial charge in [0.2, 0.25) is 0 Å². The minimum absolute atomic E-state index is 0.927. The quantitative estimate of drug-likeness (QED) is 0.171. The average Bonchev–Trinajstić information content (AvgIpc) is 3.57. The maximum Gasteiger partial charge on any atom is 0.136 e. The van der Waals surface area contributed by atoms with E-state index in [1.807, 2.05) is 0 Å². The normalized spacial score (nSPS) is 12.3. The number of rotatable bonds is 2. The van der Waals surface area contributed by atoms with Crippen molar-refractivity contribution < 1.29 is 4.42 Å². The summed E-state index contributed by atoms with van der Waals surface area (Å²) in [6.07, 6.45) is 0. The Labute approximate surface area is 292 Å². The zero-order valence-electron chi connectivity index (χ0n) is 27.6. The maximum absolute atomic E-state index is 6.56. The molecule has 0 amide bonds. The van der Waals surface area contributed by atoms with Crippen LogP contribution < -0.4 is 0 Å². The summed E-state index contributed by atoms with van der Waals surface area (Å²) in [5.41, 5.74) is 6.87. The molecule has 1 aromatic heterocycles. The van der Waals surface area contributed by atoms with Gasteiger partial charge >= 0.3 is 0 Å². The Kier molecular flexibility index (Phi) is 5.29. The molecule has 51 heavy (non-hydrogen) atoms. The first kappa shape index (κ1) is 27.2. The molecule has 0 aliphatic heterocycles. The van der Waals surface area contributed by atoms with E-state index in [0.29, 0.717) is 0 Å². The van der Waals surface area contributed by atoms with Crippen molar-refractivity contribution in [3.05, 3.63) is 170 Å². The molecular formula is C50H28O. The van der Waals surface area contributed by atoms with E-state index in [2.05, 4.69) is 170 Å². The largest absolute Gasteiger partial charge is 0.456 e. The highest BCUT2D eigenvalue weighted by molar-refractivity contribution is 6.31. The minimum atomic E-state index is 0.927. The van der Waals surface area contributed by atoms with E-state index >= 15 is 0 Å². The fourth-order valence-corrected chi connectivity index (χ4v) is 9.08. The highest BCUT2D eigenvalue weighted by atomic mass is 16.3. The SMILES string of the molecule is c1ccc(-c2ccc3ccc4ccc(-c5ccc6c(c5)c5ccccc5c5cc7c(cc65)oc5ccc6ccccc6c57)c5ccc2c3c45)cc1. The number of hydrogen-bond acceptors (Lipinski definition) is 1. The van der Waals surface area contributed by atoms with Crippen molar-refractivity contribution in [2.24, 2.45) is 0 Å². The van der Waals surface area contributed by atoms with E-state index in [9.17, 15) is 0 Å². The van der Waals surface area contributed by atoms with Crippen LogP contribution in [0.5, 0.6) is 0 Å². The Bertz CT molecular complexity index is 3400. The van der Waals surface area contributed by atoms with Crippen LogP contribution in [0.15, 0.2) is 174 Å². The monoisotopic (exact) mass is 644 g/mol. The molecular weight excluding hydrogens is 617 g/mol. The predicted octanol–water partition coefficient (Wildman–Crippen LogP) is 14.4. The van der Waals surface area contributed by atoms with Crippen molar-refractivity contribution in [1.82, 2.24) is 0 Å². The zero-order chi connectivity index (χ0) is 33.2. The molecule has 12 aromatic rings. The van der Waals surface area contributed by atoms with Gasteiger partial charge in [0, 0.05) is 10.8 Å². The molecule has 0 bridgehead atoms. The van der Waals surface area contributed by atoms with Crippen molar-refractivity contribution >= 4 is 97.3 Å². The number of hydrogen-bond donors (Lipinski definition) is 0. The molecule has 0 unspecified atom stereocenters. The highest BCUT2D eigenvalue weighted by Gasteiger charge is 2.18. The van der Waals surface area contributed by atoms with Crippen LogP contribution in [0.1, 0.15) is 0 Å². The molecule has 12 rings (SSSR count). The van der Waals surface area contributed by atoms with Gasteiger partial charge in [-0.05, 0) is 122 Å². The zero-order valence-corrected chi connectivity index (χ0v) is 27.6. The lowest BCUT2D eigenvalue weighted by Crippen LogP contribution is -1.90. The summed E-state index contributed by atoms with van der Waals surface area (Å²) in [5.74, 6) is 0. The number of furan rings is 1. The molecule has 0 atom stereocenters. The van der Waals surface area contributed by atoms with Crippen LogP contribution in [0.4, 0.5) is 0 Å². The van der Waals surface area contributed by atoms with Gasteiger partial charge < -0.3 is 4.42 Å². The first-order chi connectivity index (χ1) is 25.3. The molecule has 0 spiro atoms. The molecule has 0 saturated heterocycles. The Morgan fingerprint density at radius 2 is 0.804 bits per heavy atom. The van der Waals surface area contributed by atoms with E-state index in [4.69, 9.17) is 4.42 Å². The highest BCUT2D eigenvalue weighted by Crippen LogP contribution is 2.45. The summed E-state index contributed by atoms with van der Waals surface area (Å²) in [7, 11) is 0. The fraction of sp³-hybridized carbons (Fsp3) is 0. The van der Waals surface area contributed by atoms with Gasteiger partial charge in [0.15, 0.2) is 0 Å². The van der Waals surface area contributed by atoms with Crippen LogP contribution in [0.2, 0.25) is 0 Å².